The van der Waals surface area contributed by atoms with Crippen molar-refractivity contribution in [2.45, 2.75) is 13.8 Å². The van der Waals surface area contributed by atoms with E-state index in [9.17, 15) is 0 Å². The third-order valence-electron chi connectivity index (χ3n) is 0.379. The molecule has 0 saturated heterocycles. The fourth-order valence-corrected chi connectivity index (χ4v) is 0.589. The molecule has 1 aromatic heterocycles. The van der Waals surface area contributed by atoms with E-state index in [0.29, 0.717) is 0 Å². The molecule has 0 amide bonds. The van der Waals surface area contributed by atoms with Crippen LogP contribution >= 0.6 is 11.3 Å². The van der Waals surface area contributed by atoms with E-state index in [-0.39, 0.29) is 32.7 Å². The Kier molecular flexibility index (Phi) is 15.5. The maximum absolute atomic E-state index is 2.90. The van der Waals surface area contributed by atoms with E-state index >= 15 is 0 Å². The minimum absolute atomic E-state index is 0. The van der Waals surface area contributed by atoms with E-state index in [4.69, 9.17) is 0 Å². The Bertz CT molecular complexity index is 65.0. The number of hydrogen-bond donors (Lipinski definition) is 0. The van der Waals surface area contributed by atoms with Crippen molar-refractivity contribution in [3.05, 3.63) is 22.9 Å². The van der Waals surface area contributed by atoms with Crippen LogP contribution in [0.1, 0.15) is 13.8 Å². The van der Waals surface area contributed by atoms with Crippen LogP contribution in [-0.2, 0) is 32.7 Å². The zero-order valence-electron chi connectivity index (χ0n) is 5.22. The van der Waals surface area contributed by atoms with Crippen LogP contribution in [0.2, 0.25) is 0 Å². The van der Waals surface area contributed by atoms with Gasteiger partial charge in [-0.25, -0.2) is 6.07 Å². The molecule has 0 saturated carbocycles. The van der Waals surface area contributed by atoms with Crippen molar-refractivity contribution in [2.75, 3.05) is 0 Å². The van der Waals surface area contributed by atoms with E-state index in [1.807, 2.05) is 31.4 Å². The first-order chi connectivity index (χ1) is 3.50. The van der Waals surface area contributed by atoms with Gasteiger partial charge in [0.25, 0.3) is 0 Å². The molecule has 43 valence electrons. The second-order valence-electron chi connectivity index (χ2n) is 0.731. The molecule has 0 atom stereocenters. The van der Waals surface area contributed by atoms with Gasteiger partial charge in [-0.1, -0.05) is 13.8 Å². The molecule has 0 aliphatic rings. The van der Waals surface area contributed by atoms with Crippen LogP contribution in [-0.4, -0.2) is 0 Å². The van der Waals surface area contributed by atoms with Crippen molar-refractivity contribution in [3.8, 4) is 0 Å². The van der Waals surface area contributed by atoms with E-state index in [1.54, 1.807) is 11.3 Å². The standard InChI is InChI=1S/C4H3S.C2H6.Y/c1-2-4-5-3-1;1-2;/h1-3H;1-2H3;/q-1;;. The van der Waals surface area contributed by atoms with Crippen LogP contribution in [0.15, 0.2) is 17.5 Å². The molecular weight excluding hydrogens is 193 g/mol. The van der Waals surface area contributed by atoms with E-state index in [2.05, 4.69) is 5.38 Å². The smallest absolute Gasteiger partial charge is 0 e. The molecule has 0 aromatic carbocycles. The Labute approximate surface area is 80.2 Å². The largest absolute Gasteiger partial charge is 0.304 e. The number of hydrogen-bond acceptors (Lipinski definition) is 1. The third kappa shape index (κ3) is 6.80. The van der Waals surface area contributed by atoms with Gasteiger partial charge in [0.15, 0.2) is 0 Å². The normalized spacial score (nSPS) is 5.75. The van der Waals surface area contributed by atoms with Crippen molar-refractivity contribution >= 4 is 11.3 Å². The molecule has 0 aliphatic carbocycles. The van der Waals surface area contributed by atoms with Gasteiger partial charge in [0, 0.05) is 32.7 Å². The van der Waals surface area contributed by atoms with Crippen LogP contribution in [0, 0.1) is 5.38 Å². The summed E-state index contributed by atoms with van der Waals surface area (Å²) in [6.07, 6.45) is 0. The van der Waals surface area contributed by atoms with E-state index in [0.717, 1.165) is 0 Å². The summed E-state index contributed by atoms with van der Waals surface area (Å²) in [4.78, 5) is 0. The summed E-state index contributed by atoms with van der Waals surface area (Å²) in [7, 11) is 0. The molecule has 0 N–H and O–H groups in total. The number of rotatable bonds is 0. The summed E-state index contributed by atoms with van der Waals surface area (Å²) >= 11 is 1.59. The molecule has 0 fully saturated rings. The summed E-state index contributed by atoms with van der Waals surface area (Å²) in [6, 6.07) is 3.86. The first-order valence-corrected chi connectivity index (χ1v) is 3.27. The summed E-state index contributed by atoms with van der Waals surface area (Å²) < 4.78 is 0. The summed E-state index contributed by atoms with van der Waals surface area (Å²) in [5.74, 6) is 0. The molecule has 1 radical (unpaired) electrons. The van der Waals surface area contributed by atoms with Crippen molar-refractivity contribution in [2.24, 2.45) is 0 Å². The Morgan fingerprint density at radius 1 is 1.38 bits per heavy atom. The second kappa shape index (κ2) is 10.7. The Balaban J connectivity index is 0. The van der Waals surface area contributed by atoms with E-state index in [1.165, 1.54) is 0 Å². The molecule has 1 rings (SSSR count). The van der Waals surface area contributed by atoms with Crippen LogP contribution < -0.4 is 0 Å². The van der Waals surface area contributed by atoms with Gasteiger partial charge in [-0.15, -0.1) is 5.38 Å². The van der Waals surface area contributed by atoms with Crippen LogP contribution in [0.5, 0.6) is 0 Å². The van der Waals surface area contributed by atoms with Crippen molar-refractivity contribution in [3.63, 3.8) is 0 Å². The van der Waals surface area contributed by atoms with E-state index < -0.39 is 0 Å². The predicted molar refractivity (Wildman–Crippen MR) is 34.5 cm³/mol. The first-order valence-electron chi connectivity index (χ1n) is 2.40. The van der Waals surface area contributed by atoms with Gasteiger partial charge in [0.05, 0.1) is 0 Å². The molecule has 0 spiro atoms. The number of thiophene rings is 1. The molecule has 2 heteroatoms. The van der Waals surface area contributed by atoms with Gasteiger partial charge in [-0.2, -0.15) is 11.4 Å². The topological polar surface area (TPSA) is 0 Å². The van der Waals surface area contributed by atoms with Crippen molar-refractivity contribution < 1.29 is 32.7 Å². The summed E-state index contributed by atoms with van der Waals surface area (Å²) in [5.41, 5.74) is 0. The van der Waals surface area contributed by atoms with Gasteiger partial charge < -0.3 is 11.3 Å². The monoisotopic (exact) mass is 202 g/mol. The Hall–Kier alpha value is 0.804. The molecule has 0 aliphatic heterocycles. The molecule has 8 heavy (non-hydrogen) atoms. The molecule has 0 bridgehead atoms. The second-order valence-corrected chi connectivity index (χ2v) is 1.47. The predicted octanol–water partition coefficient (Wildman–Crippen LogP) is 2.57. The maximum atomic E-state index is 2.90. The zero-order valence-corrected chi connectivity index (χ0v) is 8.87. The molecule has 1 heterocycles. The van der Waals surface area contributed by atoms with Gasteiger partial charge in [0.2, 0.25) is 0 Å². The van der Waals surface area contributed by atoms with Crippen molar-refractivity contribution in [1.82, 2.24) is 0 Å². The average molecular weight is 202 g/mol. The van der Waals surface area contributed by atoms with Gasteiger partial charge in [-0.3, -0.25) is 0 Å². The van der Waals surface area contributed by atoms with Gasteiger partial charge in [0.1, 0.15) is 0 Å². The SMILES string of the molecule is CC.[Y].[c-]1cccs1. The minimum atomic E-state index is 0. The average Bonchev–Trinajstić information content (AvgIpc) is 2.23. The van der Waals surface area contributed by atoms with Gasteiger partial charge >= 0.3 is 0 Å². The van der Waals surface area contributed by atoms with Crippen LogP contribution in [0.25, 0.3) is 0 Å². The maximum Gasteiger partial charge on any atom is 0 e. The van der Waals surface area contributed by atoms with Gasteiger partial charge in [-0.05, 0) is 0 Å². The third-order valence-corrected chi connectivity index (χ3v) is 0.944. The first kappa shape index (κ1) is 11.6. The quantitative estimate of drug-likeness (QED) is 0.567. The molecule has 0 unspecified atom stereocenters. The Morgan fingerprint density at radius 2 is 2.00 bits per heavy atom. The fraction of sp³-hybridized carbons (Fsp3) is 0.333. The fourth-order valence-electron chi connectivity index (χ4n) is 0.196. The van der Waals surface area contributed by atoms with Crippen molar-refractivity contribution in [1.29, 1.82) is 0 Å². The summed E-state index contributed by atoms with van der Waals surface area (Å²) in [5, 5.41) is 4.89. The van der Waals surface area contributed by atoms with Crippen LogP contribution in [0.3, 0.4) is 0 Å². The zero-order chi connectivity index (χ0) is 5.54. The molecule has 1 aromatic rings. The molecular formula is C6H9SY-. The minimum Gasteiger partial charge on any atom is -0.304 e. The Morgan fingerprint density at radius 3 is 2.12 bits per heavy atom. The molecule has 0 nitrogen and oxygen atoms in total. The van der Waals surface area contributed by atoms with Crippen LogP contribution in [0.4, 0.5) is 0 Å². The summed E-state index contributed by atoms with van der Waals surface area (Å²) in [6.45, 7) is 4.00.